The van der Waals surface area contributed by atoms with E-state index in [1.54, 1.807) is 7.11 Å². The molecule has 0 heterocycles. The van der Waals surface area contributed by atoms with E-state index in [0.29, 0.717) is 5.41 Å². The Morgan fingerprint density at radius 3 is 2.06 bits per heavy atom. The van der Waals surface area contributed by atoms with Crippen LogP contribution in [0.25, 0.3) is 0 Å². The van der Waals surface area contributed by atoms with E-state index in [1.165, 1.54) is 12.8 Å². The largest absolute Gasteiger partial charge is 0.383 e. The molecule has 0 bridgehead atoms. The van der Waals surface area contributed by atoms with Gasteiger partial charge in [0.15, 0.2) is 0 Å². The summed E-state index contributed by atoms with van der Waals surface area (Å²) >= 11 is 0. The van der Waals surface area contributed by atoms with Gasteiger partial charge in [0.05, 0.1) is 6.61 Å². The smallest absolute Gasteiger partial charge is 0.0589 e. The van der Waals surface area contributed by atoms with Crippen LogP contribution in [0.5, 0.6) is 0 Å². The molecule has 110 valence electrons. The van der Waals surface area contributed by atoms with E-state index in [1.807, 2.05) is 0 Å². The second-order valence-electron chi connectivity index (χ2n) is 6.54. The third-order valence-corrected chi connectivity index (χ3v) is 3.78. The SMILES string of the molecule is CCC(CC)(CNC(C)(C)C)CN(C)CCOC. The second-order valence-corrected chi connectivity index (χ2v) is 6.54. The van der Waals surface area contributed by atoms with E-state index >= 15 is 0 Å². The summed E-state index contributed by atoms with van der Waals surface area (Å²) < 4.78 is 5.15. The van der Waals surface area contributed by atoms with Crippen molar-refractivity contribution in [3.63, 3.8) is 0 Å². The van der Waals surface area contributed by atoms with Crippen molar-refractivity contribution in [2.24, 2.45) is 5.41 Å². The van der Waals surface area contributed by atoms with Crippen molar-refractivity contribution in [1.29, 1.82) is 0 Å². The highest BCUT2D eigenvalue weighted by Crippen LogP contribution is 2.27. The first-order chi connectivity index (χ1) is 8.28. The highest BCUT2D eigenvalue weighted by molar-refractivity contribution is 4.85. The molecule has 0 atom stereocenters. The lowest BCUT2D eigenvalue weighted by Crippen LogP contribution is -2.48. The highest BCUT2D eigenvalue weighted by atomic mass is 16.5. The maximum Gasteiger partial charge on any atom is 0.0589 e. The summed E-state index contributed by atoms with van der Waals surface area (Å²) in [5, 5.41) is 3.67. The summed E-state index contributed by atoms with van der Waals surface area (Å²) in [5.74, 6) is 0. The van der Waals surface area contributed by atoms with Gasteiger partial charge in [-0.3, -0.25) is 0 Å². The normalized spacial score (nSPS) is 13.3. The fraction of sp³-hybridized carbons (Fsp3) is 1.00. The van der Waals surface area contributed by atoms with Gasteiger partial charge in [-0.1, -0.05) is 13.8 Å². The van der Waals surface area contributed by atoms with Crippen molar-refractivity contribution in [3.05, 3.63) is 0 Å². The number of nitrogens with zero attached hydrogens (tertiary/aromatic N) is 1. The fourth-order valence-corrected chi connectivity index (χ4v) is 2.13. The number of rotatable bonds is 9. The molecular formula is C15H34N2O. The summed E-state index contributed by atoms with van der Waals surface area (Å²) in [4.78, 5) is 2.39. The maximum absolute atomic E-state index is 5.15. The minimum absolute atomic E-state index is 0.195. The molecule has 1 N–H and O–H groups in total. The monoisotopic (exact) mass is 258 g/mol. The molecule has 0 aliphatic rings. The van der Waals surface area contributed by atoms with Gasteiger partial charge >= 0.3 is 0 Å². The van der Waals surface area contributed by atoms with E-state index in [2.05, 4.69) is 51.9 Å². The van der Waals surface area contributed by atoms with E-state index in [9.17, 15) is 0 Å². The number of hydrogen-bond donors (Lipinski definition) is 1. The molecule has 0 aromatic rings. The summed E-state index contributed by atoms with van der Waals surface area (Å²) in [6, 6.07) is 0. The van der Waals surface area contributed by atoms with Gasteiger partial charge < -0.3 is 15.0 Å². The lowest BCUT2D eigenvalue weighted by Gasteiger charge is -2.38. The fourth-order valence-electron chi connectivity index (χ4n) is 2.13. The summed E-state index contributed by atoms with van der Waals surface area (Å²) in [7, 11) is 3.96. The molecule has 3 nitrogen and oxygen atoms in total. The van der Waals surface area contributed by atoms with Crippen LogP contribution in [-0.4, -0.2) is 50.8 Å². The third-order valence-electron chi connectivity index (χ3n) is 3.78. The van der Waals surface area contributed by atoms with Crippen molar-refractivity contribution in [2.45, 2.75) is 53.0 Å². The van der Waals surface area contributed by atoms with E-state index < -0.39 is 0 Å². The average Bonchev–Trinajstić information content (AvgIpc) is 2.31. The molecule has 0 saturated carbocycles. The Labute approximate surface area is 114 Å². The van der Waals surface area contributed by atoms with Crippen LogP contribution in [0.1, 0.15) is 47.5 Å². The third kappa shape index (κ3) is 7.34. The van der Waals surface area contributed by atoms with Gasteiger partial charge in [-0.15, -0.1) is 0 Å². The van der Waals surface area contributed by atoms with Crippen LogP contribution < -0.4 is 5.32 Å². The van der Waals surface area contributed by atoms with Gasteiger partial charge in [-0.05, 0) is 46.1 Å². The molecular weight excluding hydrogens is 224 g/mol. The first-order valence-electron chi connectivity index (χ1n) is 7.21. The molecule has 0 radical (unpaired) electrons. The quantitative estimate of drug-likeness (QED) is 0.688. The van der Waals surface area contributed by atoms with Crippen molar-refractivity contribution in [1.82, 2.24) is 10.2 Å². The van der Waals surface area contributed by atoms with Gasteiger partial charge in [-0.25, -0.2) is 0 Å². The number of nitrogens with one attached hydrogen (secondary N) is 1. The number of hydrogen-bond acceptors (Lipinski definition) is 3. The molecule has 0 saturated heterocycles. The Kier molecular flexibility index (Phi) is 8.08. The molecule has 0 aliphatic heterocycles. The molecule has 0 spiro atoms. The van der Waals surface area contributed by atoms with Crippen LogP contribution in [0.4, 0.5) is 0 Å². The van der Waals surface area contributed by atoms with Crippen molar-refractivity contribution < 1.29 is 4.74 Å². The molecule has 0 aromatic heterocycles. The average molecular weight is 258 g/mol. The maximum atomic E-state index is 5.15. The Morgan fingerprint density at radius 1 is 1.11 bits per heavy atom. The summed E-state index contributed by atoms with van der Waals surface area (Å²) in [5.41, 5.74) is 0.566. The molecule has 0 aliphatic carbocycles. The van der Waals surface area contributed by atoms with Gasteiger partial charge in [-0.2, -0.15) is 0 Å². The zero-order chi connectivity index (χ0) is 14.2. The zero-order valence-corrected chi connectivity index (χ0v) is 13.6. The first kappa shape index (κ1) is 17.9. The number of likely N-dealkylation sites (N-methyl/N-ethyl adjacent to an activating group) is 1. The van der Waals surface area contributed by atoms with Gasteiger partial charge in [0.2, 0.25) is 0 Å². The standard InChI is InChI=1S/C15H34N2O/c1-8-15(9-2,12-16-14(3,4)5)13-17(6)10-11-18-7/h16H,8-13H2,1-7H3. The van der Waals surface area contributed by atoms with Crippen LogP contribution in [0, 0.1) is 5.41 Å². The van der Waals surface area contributed by atoms with Gasteiger partial charge in [0.25, 0.3) is 0 Å². The summed E-state index contributed by atoms with van der Waals surface area (Å²) in [6.45, 7) is 15.3. The Morgan fingerprint density at radius 2 is 1.67 bits per heavy atom. The van der Waals surface area contributed by atoms with Crippen LogP contribution in [0.2, 0.25) is 0 Å². The Hall–Kier alpha value is -0.120. The number of ether oxygens (including phenoxy) is 1. The minimum atomic E-state index is 0.195. The predicted molar refractivity (Wildman–Crippen MR) is 80.1 cm³/mol. The molecule has 18 heavy (non-hydrogen) atoms. The van der Waals surface area contributed by atoms with Crippen molar-refractivity contribution in [3.8, 4) is 0 Å². The molecule has 0 amide bonds. The van der Waals surface area contributed by atoms with Crippen molar-refractivity contribution >= 4 is 0 Å². The minimum Gasteiger partial charge on any atom is -0.383 e. The first-order valence-corrected chi connectivity index (χ1v) is 7.21. The van der Waals surface area contributed by atoms with Crippen LogP contribution >= 0.6 is 0 Å². The van der Waals surface area contributed by atoms with Gasteiger partial charge in [0.1, 0.15) is 0 Å². The molecule has 0 rings (SSSR count). The van der Waals surface area contributed by atoms with E-state index in [-0.39, 0.29) is 5.54 Å². The molecule has 0 fully saturated rings. The highest BCUT2D eigenvalue weighted by Gasteiger charge is 2.28. The van der Waals surface area contributed by atoms with Crippen LogP contribution in [0.3, 0.4) is 0 Å². The summed E-state index contributed by atoms with van der Waals surface area (Å²) in [6.07, 6.45) is 2.42. The van der Waals surface area contributed by atoms with E-state index in [4.69, 9.17) is 4.74 Å². The lowest BCUT2D eigenvalue weighted by molar-refractivity contribution is 0.110. The number of methoxy groups -OCH3 is 1. The zero-order valence-electron chi connectivity index (χ0n) is 13.6. The molecule has 3 heteroatoms. The second kappa shape index (κ2) is 8.13. The van der Waals surface area contributed by atoms with Crippen LogP contribution in [-0.2, 0) is 4.74 Å². The topological polar surface area (TPSA) is 24.5 Å². The molecule has 0 aromatic carbocycles. The Balaban J connectivity index is 4.41. The Bertz CT molecular complexity index is 207. The van der Waals surface area contributed by atoms with Gasteiger partial charge in [0, 0.05) is 32.3 Å². The van der Waals surface area contributed by atoms with E-state index in [0.717, 1.165) is 26.2 Å². The predicted octanol–water partition coefficient (Wildman–Crippen LogP) is 2.76. The molecule has 0 unspecified atom stereocenters. The van der Waals surface area contributed by atoms with Crippen LogP contribution in [0.15, 0.2) is 0 Å². The van der Waals surface area contributed by atoms with Crippen molar-refractivity contribution in [2.75, 3.05) is 40.4 Å². The lowest BCUT2D eigenvalue weighted by atomic mass is 9.81.